The van der Waals surface area contributed by atoms with Crippen molar-refractivity contribution in [3.8, 4) is 0 Å². The predicted molar refractivity (Wildman–Crippen MR) is 80.2 cm³/mol. The van der Waals surface area contributed by atoms with Crippen LogP contribution in [0.15, 0.2) is 29.2 Å². The largest absolute Gasteiger partial charge is 0.442 e. The molecule has 0 spiro atoms. The smallest absolute Gasteiger partial charge is 0.306 e. The lowest BCUT2D eigenvalue weighted by molar-refractivity contribution is -0.0329. The zero-order valence-corrected chi connectivity index (χ0v) is 13.0. The van der Waals surface area contributed by atoms with Gasteiger partial charge in [0.1, 0.15) is 0 Å². The SMILES string of the molecule is CN1CCC(Sc2ccc(CSC(F)(F)F)cc2)CC1. The van der Waals surface area contributed by atoms with Gasteiger partial charge in [0.2, 0.25) is 0 Å². The molecule has 0 radical (unpaired) electrons. The topological polar surface area (TPSA) is 3.24 Å². The van der Waals surface area contributed by atoms with E-state index in [2.05, 4.69) is 11.9 Å². The van der Waals surface area contributed by atoms with Gasteiger partial charge in [0.15, 0.2) is 0 Å². The molecule has 1 saturated heterocycles. The Morgan fingerprint density at radius 2 is 1.75 bits per heavy atom. The maximum atomic E-state index is 12.1. The molecular weight excluding hydrogens is 303 g/mol. The van der Waals surface area contributed by atoms with Gasteiger partial charge >= 0.3 is 5.51 Å². The molecule has 0 N–H and O–H groups in total. The molecule has 0 aliphatic carbocycles. The first-order valence-electron chi connectivity index (χ1n) is 6.57. The maximum absolute atomic E-state index is 12.1. The van der Waals surface area contributed by atoms with Gasteiger partial charge in [-0.05, 0) is 62.4 Å². The van der Waals surface area contributed by atoms with Crippen molar-refractivity contribution < 1.29 is 13.2 Å². The zero-order chi connectivity index (χ0) is 14.6. The highest BCUT2D eigenvalue weighted by Gasteiger charge is 2.27. The molecule has 0 bridgehead atoms. The quantitative estimate of drug-likeness (QED) is 0.796. The number of nitrogens with zero attached hydrogens (tertiary/aromatic N) is 1. The standard InChI is InChI=1S/C14H18F3NS2/c1-18-8-6-13(7-9-18)20-12-4-2-11(3-5-12)10-19-14(15,16)17/h2-5,13H,6-10H2,1H3. The van der Waals surface area contributed by atoms with Gasteiger partial charge in [-0.2, -0.15) is 13.2 Å². The second-order valence-electron chi connectivity index (χ2n) is 5.00. The molecule has 112 valence electrons. The van der Waals surface area contributed by atoms with Gasteiger partial charge in [0.25, 0.3) is 0 Å². The van der Waals surface area contributed by atoms with E-state index >= 15 is 0 Å². The summed E-state index contributed by atoms with van der Waals surface area (Å²) in [6.07, 6.45) is 2.35. The second kappa shape index (κ2) is 7.09. The van der Waals surface area contributed by atoms with Crippen molar-refractivity contribution in [2.24, 2.45) is 0 Å². The number of piperidine rings is 1. The van der Waals surface area contributed by atoms with Gasteiger partial charge in [-0.3, -0.25) is 0 Å². The van der Waals surface area contributed by atoms with Crippen LogP contribution in [0.4, 0.5) is 13.2 Å². The van der Waals surface area contributed by atoms with Gasteiger partial charge in [-0.1, -0.05) is 12.1 Å². The van der Waals surface area contributed by atoms with Crippen molar-refractivity contribution in [3.63, 3.8) is 0 Å². The lowest BCUT2D eigenvalue weighted by Gasteiger charge is -2.28. The van der Waals surface area contributed by atoms with Crippen molar-refractivity contribution in [1.29, 1.82) is 0 Å². The number of thioether (sulfide) groups is 2. The summed E-state index contributed by atoms with van der Waals surface area (Å²) in [5.74, 6) is -0.0112. The van der Waals surface area contributed by atoms with Crippen LogP contribution in [0.5, 0.6) is 0 Å². The molecule has 2 rings (SSSR count). The summed E-state index contributed by atoms with van der Waals surface area (Å²) in [7, 11) is 2.13. The van der Waals surface area contributed by atoms with Crippen LogP contribution in [0, 0.1) is 0 Å². The highest BCUT2D eigenvalue weighted by Crippen LogP contribution is 2.34. The molecule has 0 amide bonds. The van der Waals surface area contributed by atoms with Crippen LogP contribution in [0.3, 0.4) is 0 Å². The van der Waals surface area contributed by atoms with E-state index in [1.807, 2.05) is 23.9 Å². The Balaban J connectivity index is 1.82. The summed E-state index contributed by atoms with van der Waals surface area (Å²) in [6, 6.07) is 7.48. The summed E-state index contributed by atoms with van der Waals surface area (Å²) < 4.78 is 36.3. The van der Waals surface area contributed by atoms with Crippen molar-refractivity contribution >= 4 is 23.5 Å². The van der Waals surface area contributed by atoms with Crippen molar-refractivity contribution in [3.05, 3.63) is 29.8 Å². The minimum absolute atomic E-state index is 0.0112. The molecule has 1 aromatic carbocycles. The molecule has 1 fully saturated rings. The molecular formula is C14H18F3NS2. The lowest BCUT2D eigenvalue weighted by atomic mass is 10.1. The molecule has 1 heterocycles. The average Bonchev–Trinajstić information content (AvgIpc) is 2.40. The lowest BCUT2D eigenvalue weighted by Crippen LogP contribution is -2.31. The minimum Gasteiger partial charge on any atom is -0.306 e. The fourth-order valence-electron chi connectivity index (χ4n) is 2.12. The Kier molecular flexibility index (Phi) is 5.69. The number of alkyl halides is 3. The van der Waals surface area contributed by atoms with Crippen LogP contribution in [-0.2, 0) is 5.75 Å². The van der Waals surface area contributed by atoms with Crippen LogP contribution in [0.2, 0.25) is 0 Å². The third-order valence-electron chi connectivity index (χ3n) is 3.29. The Labute approximate surface area is 126 Å². The number of benzene rings is 1. The first-order chi connectivity index (χ1) is 9.42. The van der Waals surface area contributed by atoms with Gasteiger partial charge in [0.05, 0.1) is 0 Å². The second-order valence-corrected chi connectivity index (χ2v) is 7.41. The summed E-state index contributed by atoms with van der Waals surface area (Å²) in [5.41, 5.74) is -3.43. The Morgan fingerprint density at radius 3 is 2.30 bits per heavy atom. The highest BCUT2D eigenvalue weighted by molar-refractivity contribution is 8.00. The van der Waals surface area contributed by atoms with Crippen LogP contribution in [0.1, 0.15) is 18.4 Å². The van der Waals surface area contributed by atoms with E-state index in [9.17, 15) is 13.2 Å². The predicted octanol–water partition coefficient (Wildman–Crippen LogP) is 4.63. The van der Waals surface area contributed by atoms with Crippen molar-refractivity contribution in [2.45, 2.75) is 34.2 Å². The van der Waals surface area contributed by atoms with E-state index < -0.39 is 5.51 Å². The molecule has 20 heavy (non-hydrogen) atoms. The van der Waals surface area contributed by atoms with E-state index in [-0.39, 0.29) is 17.5 Å². The normalized spacial score (nSPS) is 18.4. The molecule has 1 aliphatic heterocycles. The highest BCUT2D eigenvalue weighted by atomic mass is 32.2. The Morgan fingerprint density at radius 1 is 1.15 bits per heavy atom. The van der Waals surface area contributed by atoms with E-state index in [0.29, 0.717) is 5.25 Å². The van der Waals surface area contributed by atoms with E-state index in [1.54, 1.807) is 12.1 Å². The first kappa shape index (κ1) is 16.0. The monoisotopic (exact) mass is 321 g/mol. The molecule has 1 nitrogen and oxygen atoms in total. The summed E-state index contributed by atoms with van der Waals surface area (Å²) >= 11 is 1.86. The number of rotatable bonds is 4. The first-order valence-corrected chi connectivity index (χ1v) is 8.44. The molecule has 1 aliphatic rings. The fourth-order valence-corrected chi connectivity index (χ4v) is 3.77. The Hall–Kier alpha value is -0.330. The molecule has 0 atom stereocenters. The number of hydrogen-bond donors (Lipinski definition) is 0. The number of halogens is 3. The summed E-state index contributed by atoms with van der Waals surface area (Å²) in [5, 5.41) is 0.626. The molecule has 0 unspecified atom stereocenters. The maximum Gasteiger partial charge on any atom is 0.442 e. The van der Waals surface area contributed by atoms with Gasteiger partial charge < -0.3 is 4.90 Å². The van der Waals surface area contributed by atoms with Crippen molar-refractivity contribution in [2.75, 3.05) is 20.1 Å². The fraction of sp³-hybridized carbons (Fsp3) is 0.571. The summed E-state index contributed by atoms with van der Waals surface area (Å²) in [6.45, 7) is 2.25. The van der Waals surface area contributed by atoms with E-state index in [0.717, 1.165) is 23.5 Å². The van der Waals surface area contributed by atoms with Crippen LogP contribution in [0.25, 0.3) is 0 Å². The van der Waals surface area contributed by atoms with E-state index in [1.165, 1.54) is 12.8 Å². The van der Waals surface area contributed by atoms with Crippen LogP contribution in [-0.4, -0.2) is 35.8 Å². The minimum atomic E-state index is -4.15. The average molecular weight is 321 g/mol. The number of likely N-dealkylation sites (tertiary alicyclic amines) is 1. The molecule has 6 heteroatoms. The zero-order valence-electron chi connectivity index (χ0n) is 11.3. The number of hydrogen-bond acceptors (Lipinski definition) is 3. The van der Waals surface area contributed by atoms with Crippen LogP contribution < -0.4 is 0 Å². The third kappa shape index (κ3) is 5.58. The Bertz CT molecular complexity index is 411. The van der Waals surface area contributed by atoms with Crippen LogP contribution >= 0.6 is 23.5 Å². The van der Waals surface area contributed by atoms with Gasteiger partial charge in [-0.15, -0.1) is 11.8 Å². The van der Waals surface area contributed by atoms with E-state index in [4.69, 9.17) is 0 Å². The third-order valence-corrected chi connectivity index (χ3v) is 5.45. The summed E-state index contributed by atoms with van der Waals surface area (Å²) in [4.78, 5) is 3.48. The molecule has 0 aromatic heterocycles. The van der Waals surface area contributed by atoms with Crippen molar-refractivity contribution in [1.82, 2.24) is 4.90 Å². The van der Waals surface area contributed by atoms with Gasteiger partial charge in [-0.25, -0.2) is 0 Å². The van der Waals surface area contributed by atoms with Gasteiger partial charge in [0, 0.05) is 15.9 Å². The molecule has 0 saturated carbocycles. The molecule has 1 aromatic rings.